The Hall–Kier alpha value is -2.11. The lowest BCUT2D eigenvalue weighted by molar-refractivity contribution is 0.374. The van der Waals surface area contributed by atoms with Gasteiger partial charge in [-0.25, -0.2) is 14.6 Å². The number of rotatable bonds is 4. The molecule has 6 heteroatoms. The zero-order chi connectivity index (χ0) is 15.0. The van der Waals surface area contributed by atoms with Crippen LogP contribution >= 0.6 is 0 Å². The van der Waals surface area contributed by atoms with Gasteiger partial charge >= 0.3 is 0 Å². The van der Waals surface area contributed by atoms with Crippen LogP contribution in [0.4, 0.5) is 5.82 Å². The molecule has 0 amide bonds. The van der Waals surface area contributed by atoms with Crippen LogP contribution in [0.2, 0.25) is 0 Å². The van der Waals surface area contributed by atoms with Crippen molar-refractivity contribution in [2.75, 3.05) is 19.0 Å². The lowest BCUT2D eigenvalue weighted by atomic mass is 10.2. The second-order valence-corrected chi connectivity index (χ2v) is 5.30. The third-order valence-electron chi connectivity index (χ3n) is 3.86. The Kier molecular flexibility index (Phi) is 3.53. The predicted octanol–water partition coefficient (Wildman–Crippen LogP) is 2.11. The second-order valence-electron chi connectivity index (χ2n) is 5.30. The number of hydrogen-bond acceptors (Lipinski definition) is 5. The monoisotopic (exact) mass is 287 g/mol. The van der Waals surface area contributed by atoms with Crippen molar-refractivity contribution in [3.63, 3.8) is 0 Å². The van der Waals surface area contributed by atoms with Crippen LogP contribution in [-0.2, 0) is 19.9 Å². The van der Waals surface area contributed by atoms with Crippen molar-refractivity contribution in [1.82, 2.24) is 19.7 Å². The zero-order valence-electron chi connectivity index (χ0n) is 13.0. The number of fused-ring (bicyclic) bond motifs is 1. The van der Waals surface area contributed by atoms with Gasteiger partial charge in [0.1, 0.15) is 11.4 Å². The number of methoxy groups -OCH3 is 1. The fourth-order valence-electron chi connectivity index (χ4n) is 2.99. The summed E-state index contributed by atoms with van der Waals surface area (Å²) in [6.07, 6.45) is 3.22. The van der Waals surface area contributed by atoms with E-state index in [1.54, 1.807) is 11.8 Å². The molecule has 0 radical (unpaired) electrons. The van der Waals surface area contributed by atoms with Gasteiger partial charge in [0.15, 0.2) is 5.82 Å². The molecule has 0 aliphatic heterocycles. The molecule has 21 heavy (non-hydrogen) atoms. The number of anilines is 1. The summed E-state index contributed by atoms with van der Waals surface area (Å²) in [7, 11) is 3.52. The largest absolute Gasteiger partial charge is 0.481 e. The molecular formula is C15H21N5O. The molecule has 0 atom stereocenters. The van der Waals surface area contributed by atoms with Crippen molar-refractivity contribution in [2.45, 2.75) is 33.1 Å². The Morgan fingerprint density at radius 2 is 2.10 bits per heavy atom. The van der Waals surface area contributed by atoms with Crippen LogP contribution in [0, 0.1) is 6.92 Å². The highest BCUT2D eigenvalue weighted by atomic mass is 16.5. The van der Waals surface area contributed by atoms with Gasteiger partial charge in [0.25, 0.3) is 0 Å². The second kappa shape index (κ2) is 5.35. The molecule has 6 nitrogen and oxygen atoms in total. The van der Waals surface area contributed by atoms with Gasteiger partial charge in [-0.3, -0.25) is 0 Å². The standard InChI is InChI=1S/C15H21N5O/c1-5-16-13-10-7-6-8-11(10)17-14(18-13)12-9(2)19-20(3)15(12)21-4/h5-8H2,1-4H3,(H,16,17,18). The number of ether oxygens (including phenoxy) is 1. The Labute approximate surface area is 124 Å². The molecule has 2 aromatic rings. The molecule has 0 spiro atoms. The third-order valence-corrected chi connectivity index (χ3v) is 3.86. The molecule has 0 saturated heterocycles. The van der Waals surface area contributed by atoms with E-state index in [0.29, 0.717) is 11.7 Å². The average Bonchev–Trinajstić information content (AvgIpc) is 3.02. The van der Waals surface area contributed by atoms with E-state index in [2.05, 4.69) is 17.3 Å². The Bertz CT molecular complexity index is 677. The molecule has 0 fully saturated rings. The molecule has 2 aromatic heterocycles. The molecule has 0 bridgehead atoms. The number of nitrogens with zero attached hydrogens (tertiary/aromatic N) is 4. The summed E-state index contributed by atoms with van der Waals surface area (Å²) in [5.41, 5.74) is 4.19. The van der Waals surface area contributed by atoms with Gasteiger partial charge in [-0.15, -0.1) is 0 Å². The van der Waals surface area contributed by atoms with Gasteiger partial charge in [-0.2, -0.15) is 5.10 Å². The van der Waals surface area contributed by atoms with Crippen LogP contribution in [0.5, 0.6) is 5.88 Å². The maximum Gasteiger partial charge on any atom is 0.222 e. The molecule has 0 saturated carbocycles. The third kappa shape index (κ3) is 2.24. The summed E-state index contributed by atoms with van der Waals surface area (Å²) in [5.74, 6) is 2.36. The van der Waals surface area contributed by atoms with E-state index < -0.39 is 0 Å². The molecule has 1 aliphatic rings. The van der Waals surface area contributed by atoms with E-state index in [4.69, 9.17) is 14.7 Å². The van der Waals surface area contributed by atoms with E-state index in [9.17, 15) is 0 Å². The maximum atomic E-state index is 5.47. The van der Waals surface area contributed by atoms with E-state index in [-0.39, 0.29) is 0 Å². The number of aryl methyl sites for hydroxylation is 3. The molecule has 112 valence electrons. The highest BCUT2D eigenvalue weighted by Crippen LogP contribution is 2.34. The fraction of sp³-hybridized carbons (Fsp3) is 0.533. The van der Waals surface area contributed by atoms with Gasteiger partial charge in [-0.05, 0) is 33.1 Å². The van der Waals surface area contributed by atoms with Crippen LogP contribution in [0.15, 0.2) is 0 Å². The number of hydrogen-bond donors (Lipinski definition) is 1. The van der Waals surface area contributed by atoms with Gasteiger partial charge < -0.3 is 10.1 Å². The molecular weight excluding hydrogens is 266 g/mol. The van der Waals surface area contributed by atoms with Crippen molar-refractivity contribution in [3.05, 3.63) is 17.0 Å². The highest BCUT2D eigenvalue weighted by Gasteiger charge is 2.24. The Balaban J connectivity index is 2.17. The Morgan fingerprint density at radius 1 is 1.29 bits per heavy atom. The normalized spacial score (nSPS) is 13.3. The summed E-state index contributed by atoms with van der Waals surface area (Å²) >= 11 is 0. The van der Waals surface area contributed by atoms with Crippen molar-refractivity contribution < 1.29 is 4.74 Å². The first kappa shape index (κ1) is 13.9. The molecule has 0 aromatic carbocycles. The molecule has 3 rings (SSSR count). The summed E-state index contributed by atoms with van der Waals surface area (Å²) in [6.45, 7) is 4.90. The minimum Gasteiger partial charge on any atom is -0.481 e. The average molecular weight is 287 g/mol. The van der Waals surface area contributed by atoms with Crippen LogP contribution in [0.1, 0.15) is 30.3 Å². The minimum atomic E-state index is 0.702. The first-order valence-corrected chi connectivity index (χ1v) is 7.37. The first-order chi connectivity index (χ1) is 10.2. The minimum absolute atomic E-state index is 0.702. The smallest absolute Gasteiger partial charge is 0.222 e. The molecule has 1 N–H and O–H groups in total. The highest BCUT2D eigenvalue weighted by molar-refractivity contribution is 5.67. The zero-order valence-corrected chi connectivity index (χ0v) is 13.0. The maximum absolute atomic E-state index is 5.47. The van der Waals surface area contributed by atoms with Gasteiger partial charge in [0.05, 0.1) is 12.8 Å². The van der Waals surface area contributed by atoms with Crippen LogP contribution < -0.4 is 10.1 Å². The topological polar surface area (TPSA) is 64.9 Å². The predicted molar refractivity (Wildman–Crippen MR) is 81.7 cm³/mol. The van der Waals surface area contributed by atoms with Gasteiger partial charge in [0.2, 0.25) is 5.88 Å². The van der Waals surface area contributed by atoms with Crippen molar-refractivity contribution in [1.29, 1.82) is 0 Å². The molecule has 0 unspecified atom stereocenters. The summed E-state index contributed by atoms with van der Waals surface area (Å²) in [6, 6.07) is 0. The van der Waals surface area contributed by atoms with Crippen molar-refractivity contribution in [2.24, 2.45) is 7.05 Å². The van der Waals surface area contributed by atoms with Crippen molar-refractivity contribution >= 4 is 5.82 Å². The van der Waals surface area contributed by atoms with Crippen LogP contribution in [0.25, 0.3) is 11.4 Å². The van der Waals surface area contributed by atoms with Gasteiger partial charge in [-0.1, -0.05) is 0 Å². The first-order valence-electron chi connectivity index (χ1n) is 7.37. The summed E-state index contributed by atoms with van der Waals surface area (Å²) in [4.78, 5) is 9.50. The summed E-state index contributed by atoms with van der Waals surface area (Å²) in [5, 5.41) is 7.78. The van der Waals surface area contributed by atoms with Crippen LogP contribution in [-0.4, -0.2) is 33.4 Å². The van der Waals surface area contributed by atoms with E-state index in [1.807, 2.05) is 14.0 Å². The molecule has 2 heterocycles. The SMILES string of the molecule is CCNc1nc(-c2c(C)nn(C)c2OC)nc2c1CCC2. The number of aromatic nitrogens is 4. The number of nitrogens with one attached hydrogen (secondary N) is 1. The Morgan fingerprint density at radius 3 is 2.81 bits per heavy atom. The fourth-order valence-corrected chi connectivity index (χ4v) is 2.99. The van der Waals surface area contributed by atoms with Crippen molar-refractivity contribution in [3.8, 4) is 17.3 Å². The van der Waals surface area contributed by atoms with E-state index in [0.717, 1.165) is 48.6 Å². The quantitative estimate of drug-likeness (QED) is 0.933. The van der Waals surface area contributed by atoms with E-state index in [1.165, 1.54) is 5.56 Å². The van der Waals surface area contributed by atoms with Gasteiger partial charge in [0, 0.05) is 24.8 Å². The lowest BCUT2D eigenvalue weighted by Crippen LogP contribution is -2.07. The van der Waals surface area contributed by atoms with E-state index >= 15 is 0 Å². The lowest BCUT2D eigenvalue weighted by Gasteiger charge is -2.11. The summed E-state index contributed by atoms with van der Waals surface area (Å²) < 4.78 is 7.20. The van der Waals surface area contributed by atoms with Crippen LogP contribution in [0.3, 0.4) is 0 Å². The molecule has 1 aliphatic carbocycles.